The Morgan fingerprint density at radius 1 is 1.30 bits per heavy atom. The van der Waals surface area contributed by atoms with E-state index in [4.69, 9.17) is 11.6 Å². The Kier molecular flexibility index (Phi) is 3.69. The molecule has 1 aromatic rings. The minimum absolute atomic E-state index is 0.0530. The Labute approximate surface area is 124 Å². The molecule has 2 heterocycles. The van der Waals surface area contributed by atoms with E-state index < -0.39 is 0 Å². The molecule has 2 saturated heterocycles. The van der Waals surface area contributed by atoms with Gasteiger partial charge in [0, 0.05) is 42.2 Å². The molecule has 0 N–H and O–H groups in total. The van der Waals surface area contributed by atoms with E-state index in [2.05, 4.69) is 23.8 Å². The van der Waals surface area contributed by atoms with Gasteiger partial charge in [-0.25, -0.2) is 0 Å². The first-order chi connectivity index (χ1) is 9.63. The summed E-state index contributed by atoms with van der Waals surface area (Å²) in [5.41, 5.74) is 0.821. The summed E-state index contributed by atoms with van der Waals surface area (Å²) in [7, 11) is 2.11. The fourth-order valence-corrected chi connectivity index (χ4v) is 3.28. The van der Waals surface area contributed by atoms with Crippen LogP contribution in [0, 0.1) is 17.8 Å². The van der Waals surface area contributed by atoms with Crippen LogP contribution in [0.15, 0.2) is 24.3 Å². The number of likely N-dealkylation sites (tertiary alicyclic amines) is 2. The first kappa shape index (κ1) is 13.5. The van der Waals surface area contributed by atoms with Gasteiger partial charge in [0.15, 0.2) is 0 Å². The van der Waals surface area contributed by atoms with Gasteiger partial charge in [0.25, 0.3) is 5.91 Å². The zero-order valence-electron chi connectivity index (χ0n) is 11.5. The van der Waals surface area contributed by atoms with Crippen molar-refractivity contribution in [2.75, 3.05) is 26.7 Å². The van der Waals surface area contributed by atoms with E-state index in [0.717, 1.165) is 31.6 Å². The van der Waals surface area contributed by atoms with Gasteiger partial charge in [0.1, 0.15) is 0 Å². The van der Waals surface area contributed by atoms with Gasteiger partial charge in [0.05, 0.1) is 0 Å². The largest absolute Gasteiger partial charge is 0.327 e. The van der Waals surface area contributed by atoms with Crippen molar-refractivity contribution in [2.45, 2.75) is 12.5 Å². The minimum Gasteiger partial charge on any atom is -0.327 e. The van der Waals surface area contributed by atoms with Crippen molar-refractivity contribution in [3.63, 3.8) is 0 Å². The fourth-order valence-electron chi connectivity index (χ4n) is 3.16. The van der Waals surface area contributed by atoms with E-state index in [9.17, 15) is 4.79 Å². The zero-order chi connectivity index (χ0) is 14.1. The number of benzene rings is 1. The molecule has 1 aromatic carbocycles. The van der Waals surface area contributed by atoms with Crippen LogP contribution in [0.25, 0.3) is 0 Å². The molecule has 2 atom stereocenters. The summed E-state index contributed by atoms with van der Waals surface area (Å²) in [6, 6.07) is 7.59. The van der Waals surface area contributed by atoms with Gasteiger partial charge < -0.3 is 9.80 Å². The van der Waals surface area contributed by atoms with Crippen LogP contribution in [-0.4, -0.2) is 48.4 Å². The molecule has 0 bridgehead atoms. The van der Waals surface area contributed by atoms with Crippen LogP contribution in [0.3, 0.4) is 0 Å². The number of likely N-dealkylation sites (N-methyl/N-ethyl adjacent to an activating group) is 1. The van der Waals surface area contributed by atoms with E-state index in [1.54, 1.807) is 12.1 Å². The molecule has 1 amide bonds. The zero-order valence-corrected chi connectivity index (χ0v) is 12.2. The number of carbonyl (C=O) groups excluding carboxylic acids is 1. The molecule has 0 saturated carbocycles. The molecule has 0 aliphatic carbocycles. The molecule has 0 unspecified atom stereocenters. The number of hydrogen-bond acceptors (Lipinski definition) is 2. The van der Waals surface area contributed by atoms with Crippen molar-refractivity contribution in [1.82, 2.24) is 9.80 Å². The van der Waals surface area contributed by atoms with Gasteiger partial charge in [-0.15, -0.1) is 0 Å². The summed E-state index contributed by atoms with van der Waals surface area (Å²) in [6.45, 7) is 2.91. The van der Waals surface area contributed by atoms with Gasteiger partial charge in [-0.05, 0) is 43.7 Å². The predicted molar refractivity (Wildman–Crippen MR) is 79.4 cm³/mol. The molecule has 4 heteroatoms. The highest BCUT2D eigenvalue weighted by Gasteiger charge is 2.41. The van der Waals surface area contributed by atoms with Crippen LogP contribution < -0.4 is 0 Å². The van der Waals surface area contributed by atoms with Crippen LogP contribution in [0.1, 0.15) is 12.0 Å². The van der Waals surface area contributed by atoms with Gasteiger partial charge in [-0.3, -0.25) is 4.79 Å². The van der Waals surface area contributed by atoms with E-state index in [1.165, 1.54) is 0 Å². The summed E-state index contributed by atoms with van der Waals surface area (Å²) in [4.78, 5) is 16.5. The lowest BCUT2D eigenvalue weighted by molar-refractivity contribution is -0.125. The average Bonchev–Trinajstić information content (AvgIpc) is 2.96. The SMILES string of the molecule is CN1C[C@@H]2CCN(C(=O)C#Cc3ccc(Cl)cc3)[C@@H]2C1. The van der Waals surface area contributed by atoms with Crippen LogP contribution in [0.2, 0.25) is 5.02 Å². The molecule has 0 radical (unpaired) electrons. The summed E-state index contributed by atoms with van der Waals surface area (Å²) < 4.78 is 0. The van der Waals surface area contributed by atoms with Crippen molar-refractivity contribution < 1.29 is 4.79 Å². The third-order valence-corrected chi connectivity index (χ3v) is 4.40. The molecule has 2 fully saturated rings. The van der Waals surface area contributed by atoms with Gasteiger partial charge in [-0.1, -0.05) is 17.5 Å². The topological polar surface area (TPSA) is 23.6 Å². The Hall–Kier alpha value is -1.50. The van der Waals surface area contributed by atoms with E-state index in [0.29, 0.717) is 17.0 Å². The second-order valence-corrected chi connectivity index (χ2v) is 6.03. The van der Waals surface area contributed by atoms with Crippen molar-refractivity contribution in [2.24, 2.45) is 5.92 Å². The third-order valence-electron chi connectivity index (χ3n) is 4.15. The van der Waals surface area contributed by atoms with Crippen LogP contribution in [0.4, 0.5) is 0 Å². The Balaban J connectivity index is 1.70. The lowest BCUT2D eigenvalue weighted by atomic mass is 10.1. The monoisotopic (exact) mass is 288 g/mol. The first-order valence-electron chi connectivity index (χ1n) is 6.90. The lowest BCUT2D eigenvalue weighted by Crippen LogP contribution is -2.38. The fraction of sp³-hybridized carbons (Fsp3) is 0.438. The van der Waals surface area contributed by atoms with E-state index >= 15 is 0 Å². The van der Waals surface area contributed by atoms with E-state index in [1.807, 2.05) is 17.0 Å². The number of fused-ring (bicyclic) bond motifs is 1. The van der Waals surface area contributed by atoms with Crippen LogP contribution >= 0.6 is 11.6 Å². The van der Waals surface area contributed by atoms with Gasteiger partial charge >= 0.3 is 0 Å². The smallest absolute Gasteiger partial charge is 0.299 e. The number of amides is 1. The molecule has 0 spiro atoms. The molecule has 2 aliphatic rings. The number of rotatable bonds is 0. The van der Waals surface area contributed by atoms with E-state index in [-0.39, 0.29) is 5.91 Å². The van der Waals surface area contributed by atoms with Crippen molar-refractivity contribution in [1.29, 1.82) is 0 Å². The molecule has 2 aliphatic heterocycles. The highest BCUT2D eigenvalue weighted by atomic mass is 35.5. The summed E-state index contributed by atoms with van der Waals surface area (Å²) in [6.07, 6.45) is 1.10. The minimum atomic E-state index is -0.0530. The number of hydrogen-bond donors (Lipinski definition) is 0. The number of carbonyl (C=O) groups is 1. The molecular weight excluding hydrogens is 272 g/mol. The Morgan fingerprint density at radius 2 is 2.05 bits per heavy atom. The Bertz CT molecular complexity index is 572. The molecular formula is C16H17ClN2O. The maximum atomic E-state index is 12.2. The highest BCUT2D eigenvalue weighted by molar-refractivity contribution is 6.30. The summed E-state index contributed by atoms with van der Waals surface area (Å²) in [5.74, 6) is 6.26. The maximum absolute atomic E-state index is 12.2. The molecule has 104 valence electrons. The van der Waals surface area contributed by atoms with Crippen LogP contribution in [-0.2, 0) is 4.79 Å². The van der Waals surface area contributed by atoms with Crippen LogP contribution in [0.5, 0.6) is 0 Å². The average molecular weight is 289 g/mol. The standard InChI is InChI=1S/C16H17ClN2O/c1-18-10-13-8-9-19(15(13)11-18)16(20)7-4-12-2-5-14(17)6-3-12/h2-3,5-6,13,15H,8-11H2,1H3/t13-,15+/m0/s1. The molecule has 0 aromatic heterocycles. The lowest BCUT2D eigenvalue weighted by Gasteiger charge is -2.21. The summed E-state index contributed by atoms with van der Waals surface area (Å²) in [5, 5.41) is 0.679. The quantitative estimate of drug-likeness (QED) is 0.680. The predicted octanol–water partition coefficient (Wildman–Crippen LogP) is 1.85. The second kappa shape index (κ2) is 5.47. The number of nitrogens with zero attached hydrogens (tertiary/aromatic N) is 2. The van der Waals surface area contributed by atoms with Crippen molar-refractivity contribution in [3.05, 3.63) is 34.9 Å². The first-order valence-corrected chi connectivity index (χ1v) is 7.28. The normalized spacial score (nSPS) is 25.2. The van der Waals surface area contributed by atoms with Crippen molar-refractivity contribution in [3.8, 4) is 11.8 Å². The maximum Gasteiger partial charge on any atom is 0.299 e. The summed E-state index contributed by atoms with van der Waals surface area (Å²) >= 11 is 5.82. The highest BCUT2D eigenvalue weighted by Crippen LogP contribution is 2.30. The molecule has 3 nitrogen and oxygen atoms in total. The van der Waals surface area contributed by atoms with Gasteiger partial charge in [-0.2, -0.15) is 0 Å². The molecule has 20 heavy (non-hydrogen) atoms. The van der Waals surface area contributed by atoms with Crippen molar-refractivity contribution >= 4 is 17.5 Å². The third kappa shape index (κ3) is 2.67. The number of halogens is 1. The second-order valence-electron chi connectivity index (χ2n) is 5.59. The molecule has 3 rings (SSSR count). The van der Waals surface area contributed by atoms with Gasteiger partial charge in [0.2, 0.25) is 0 Å². The Morgan fingerprint density at radius 3 is 2.80 bits per heavy atom.